The molecule has 0 saturated heterocycles. The van der Waals surface area contributed by atoms with Gasteiger partial charge in [-0.05, 0) is 31.2 Å². The van der Waals surface area contributed by atoms with E-state index in [1.54, 1.807) is 37.4 Å². The molecule has 26 heavy (non-hydrogen) atoms. The minimum atomic E-state index is -1.70. The van der Waals surface area contributed by atoms with Crippen molar-refractivity contribution >= 4 is 17.6 Å². The van der Waals surface area contributed by atoms with Crippen LogP contribution in [-0.2, 0) is 16.1 Å². The average molecular weight is 357 g/mol. The fourth-order valence-corrected chi connectivity index (χ4v) is 2.55. The number of hydrogen-bond donors (Lipinski definition) is 2. The zero-order valence-corrected chi connectivity index (χ0v) is 14.7. The van der Waals surface area contributed by atoms with E-state index in [1.165, 1.54) is 20.2 Å². The smallest absolute Gasteiger partial charge is 0.279 e. The topological polar surface area (TPSA) is 98.8 Å². The Kier molecular flexibility index (Phi) is 4.66. The molecular weight excluding hydrogens is 338 g/mol. The normalized spacial score (nSPS) is 18.2. The quantitative estimate of drug-likeness (QED) is 0.787. The van der Waals surface area contributed by atoms with Crippen LogP contribution in [-0.4, -0.2) is 36.6 Å². The molecule has 8 nitrogen and oxygen atoms in total. The minimum Gasteiger partial charge on any atom is -0.497 e. The third-order valence-corrected chi connectivity index (χ3v) is 4.12. The molecule has 2 N–H and O–H groups in total. The molecule has 0 fully saturated rings. The van der Waals surface area contributed by atoms with Crippen LogP contribution in [0, 0.1) is 0 Å². The van der Waals surface area contributed by atoms with E-state index in [0.29, 0.717) is 23.1 Å². The van der Waals surface area contributed by atoms with Gasteiger partial charge in [0.25, 0.3) is 17.4 Å². The van der Waals surface area contributed by atoms with E-state index < -0.39 is 17.4 Å². The molecule has 0 saturated carbocycles. The van der Waals surface area contributed by atoms with Gasteiger partial charge in [0.15, 0.2) is 11.6 Å². The summed E-state index contributed by atoms with van der Waals surface area (Å²) in [5.41, 5.74) is -0.959. The summed E-state index contributed by atoms with van der Waals surface area (Å²) in [5, 5.41) is 5.31. The van der Waals surface area contributed by atoms with Crippen molar-refractivity contribution in [2.24, 2.45) is 0 Å². The van der Waals surface area contributed by atoms with Gasteiger partial charge < -0.3 is 24.8 Å². The van der Waals surface area contributed by atoms with Crippen LogP contribution in [0.25, 0.3) is 0 Å². The lowest BCUT2D eigenvalue weighted by atomic mass is 10.0. The Labute approximate surface area is 150 Å². The summed E-state index contributed by atoms with van der Waals surface area (Å²) in [4.78, 5) is 29.0. The molecule has 1 aliphatic heterocycles. The number of fused-ring (bicyclic) bond motifs is 1. The van der Waals surface area contributed by atoms with Crippen LogP contribution in [0.1, 0.15) is 12.5 Å². The van der Waals surface area contributed by atoms with E-state index in [1.807, 2.05) is 0 Å². The van der Waals surface area contributed by atoms with Gasteiger partial charge in [-0.3, -0.25) is 9.59 Å². The Balaban J connectivity index is 1.75. The van der Waals surface area contributed by atoms with Crippen LogP contribution in [0.4, 0.5) is 5.82 Å². The Hall–Kier alpha value is -3.29. The zero-order valence-electron chi connectivity index (χ0n) is 14.7. The lowest BCUT2D eigenvalue weighted by Gasteiger charge is -2.32. The van der Waals surface area contributed by atoms with Gasteiger partial charge in [-0.15, -0.1) is 0 Å². The second-order valence-corrected chi connectivity index (χ2v) is 5.80. The summed E-state index contributed by atoms with van der Waals surface area (Å²) < 4.78 is 16.1. The first kappa shape index (κ1) is 17.5. The van der Waals surface area contributed by atoms with E-state index >= 15 is 0 Å². The van der Waals surface area contributed by atoms with E-state index in [4.69, 9.17) is 14.2 Å². The van der Waals surface area contributed by atoms with Crippen LogP contribution >= 0.6 is 0 Å². The average Bonchev–Trinajstić information content (AvgIpc) is 2.66. The van der Waals surface area contributed by atoms with Gasteiger partial charge in [0, 0.05) is 24.4 Å². The lowest BCUT2D eigenvalue weighted by molar-refractivity contribution is -0.146. The number of amides is 2. The van der Waals surface area contributed by atoms with E-state index in [0.717, 1.165) is 5.56 Å². The highest BCUT2D eigenvalue weighted by Gasteiger charge is 2.47. The second-order valence-electron chi connectivity index (χ2n) is 5.80. The summed E-state index contributed by atoms with van der Waals surface area (Å²) in [6, 6.07) is 8.56. The maximum atomic E-state index is 12.7. The SMILES string of the molecule is COc1ccc(CNC(=O)[C@]2(C)Oc3cccnc3NC2=O)c(OC)c1. The van der Waals surface area contributed by atoms with Gasteiger partial charge in [0.05, 0.1) is 14.2 Å². The van der Waals surface area contributed by atoms with Crippen LogP contribution in [0.15, 0.2) is 36.5 Å². The third-order valence-electron chi connectivity index (χ3n) is 4.12. The van der Waals surface area contributed by atoms with Crippen molar-refractivity contribution in [2.45, 2.75) is 19.1 Å². The molecule has 1 aromatic carbocycles. The number of carbonyl (C=O) groups excluding carboxylic acids is 2. The molecule has 1 aliphatic rings. The molecule has 0 radical (unpaired) electrons. The summed E-state index contributed by atoms with van der Waals surface area (Å²) in [6.45, 7) is 1.58. The maximum absolute atomic E-state index is 12.7. The molecule has 0 unspecified atom stereocenters. The Morgan fingerprint density at radius 2 is 2.12 bits per heavy atom. The number of pyridine rings is 1. The largest absolute Gasteiger partial charge is 0.497 e. The standard InChI is InChI=1S/C18H19N3O5/c1-18(17(23)21-15-13(26-18)5-4-8-19-15)16(22)20-10-11-6-7-12(24-2)9-14(11)25-3/h4-9H,10H2,1-3H3,(H,20,22)(H,19,21,23)/t18-/m0/s1. The monoisotopic (exact) mass is 357 g/mol. The highest BCUT2D eigenvalue weighted by atomic mass is 16.5. The molecule has 1 atom stereocenters. The van der Waals surface area contributed by atoms with E-state index in [2.05, 4.69) is 15.6 Å². The van der Waals surface area contributed by atoms with Crippen molar-refractivity contribution in [1.29, 1.82) is 0 Å². The van der Waals surface area contributed by atoms with E-state index in [-0.39, 0.29) is 6.54 Å². The highest BCUT2D eigenvalue weighted by molar-refractivity contribution is 6.15. The molecule has 2 heterocycles. The van der Waals surface area contributed by atoms with Crippen LogP contribution in [0.2, 0.25) is 0 Å². The number of nitrogens with zero attached hydrogens (tertiary/aromatic N) is 1. The molecule has 8 heteroatoms. The molecule has 0 spiro atoms. The first-order valence-electron chi connectivity index (χ1n) is 7.92. The number of hydrogen-bond acceptors (Lipinski definition) is 6. The van der Waals surface area contributed by atoms with Crippen molar-refractivity contribution in [2.75, 3.05) is 19.5 Å². The van der Waals surface area contributed by atoms with Crippen LogP contribution in [0.3, 0.4) is 0 Å². The van der Waals surface area contributed by atoms with E-state index in [9.17, 15) is 9.59 Å². The molecule has 3 rings (SSSR count). The first-order chi connectivity index (χ1) is 12.5. The minimum absolute atomic E-state index is 0.165. The van der Waals surface area contributed by atoms with Crippen molar-refractivity contribution in [1.82, 2.24) is 10.3 Å². The summed E-state index contributed by atoms with van der Waals surface area (Å²) in [7, 11) is 3.09. The number of nitrogens with one attached hydrogen (secondary N) is 2. The number of methoxy groups -OCH3 is 2. The molecule has 1 aromatic heterocycles. The number of ether oxygens (including phenoxy) is 3. The van der Waals surface area contributed by atoms with Crippen molar-refractivity contribution in [3.63, 3.8) is 0 Å². The Morgan fingerprint density at radius 3 is 2.85 bits per heavy atom. The lowest BCUT2D eigenvalue weighted by Crippen LogP contribution is -2.58. The molecule has 136 valence electrons. The molecule has 0 aliphatic carbocycles. The predicted octanol–water partition coefficient (Wildman–Crippen LogP) is 1.50. The molecular formula is C18H19N3O5. The maximum Gasteiger partial charge on any atom is 0.279 e. The Bertz CT molecular complexity index is 854. The number of rotatable bonds is 5. The van der Waals surface area contributed by atoms with Gasteiger partial charge in [0.1, 0.15) is 11.5 Å². The van der Waals surface area contributed by atoms with Gasteiger partial charge in [-0.1, -0.05) is 0 Å². The van der Waals surface area contributed by atoms with Crippen LogP contribution < -0.4 is 24.8 Å². The number of anilines is 1. The first-order valence-corrected chi connectivity index (χ1v) is 7.92. The van der Waals surface area contributed by atoms with Crippen molar-refractivity contribution in [3.8, 4) is 17.2 Å². The predicted molar refractivity (Wildman–Crippen MR) is 93.3 cm³/mol. The third kappa shape index (κ3) is 3.13. The highest BCUT2D eigenvalue weighted by Crippen LogP contribution is 2.32. The van der Waals surface area contributed by atoms with Gasteiger partial charge in [-0.2, -0.15) is 0 Å². The van der Waals surface area contributed by atoms with Crippen molar-refractivity contribution < 1.29 is 23.8 Å². The summed E-state index contributed by atoms with van der Waals surface area (Å²) >= 11 is 0. The van der Waals surface area contributed by atoms with Crippen molar-refractivity contribution in [3.05, 3.63) is 42.1 Å². The summed E-state index contributed by atoms with van der Waals surface area (Å²) in [6.07, 6.45) is 1.53. The number of carbonyl (C=O) groups is 2. The molecule has 2 amide bonds. The van der Waals surface area contributed by atoms with Gasteiger partial charge >= 0.3 is 0 Å². The fourth-order valence-electron chi connectivity index (χ4n) is 2.55. The van der Waals surface area contributed by atoms with Crippen LogP contribution in [0.5, 0.6) is 17.2 Å². The second kappa shape index (κ2) is 6.91. The molecule has 0 bridgehead atoms. The fraction of sp³-hybridized carbons (Fsp3) is 0.278. The summed E-state index contributed by atoms with van der Waals surface area (Å²) in [5.74, 6) is 0.693. The zero-order chi connectivity index (χ0) is 18.7. The van der Waals surface area contributed by atoms with Gasteiger partial charge in [0.2, 0.25) is 0 Å². The van der Waals surface area contributed by atoms with Gasteiger partial charge in [-0.25, -0.2) is 4.98 Å². The number of aromatic nitrogens is 1. The number of benzene rings is 1. The molecule has 2 aromatic rings. The Morgan fingerprint density at radius 1 is 1.31 bits per heavy atom.